The van der Waals surface area contributed by atoms with Crippen molar-refractivity contribution in [3.8, 4) is 0 Å². The molecule has 7 heteroatoms. The summed E-state index contributed by atoms with van der Waals surface area (Å²) in [6, 6.07) is 0.724. The minimum absolute atomic E-state index is 0. The van der Waals surface area contributed by atoms with Gasteiger partial charge in [-0.2, -0.15) is 0 Å². The van der Waals surface area contributed by atoms with Crippen molar-refractivity contribution in [2.24, 2.45) is 0 Å². The van der Waals surface area contributed by atoms with E-state index in [0.717, 1.165) is 32.6 Å². The Kier molecular flexibility index (Phi) is 9.81. The molecule has 3 atom stereocenters. The molecule has 2 heterocycles. The van der Waals surface area contributed by atoms with Crippen LogP contribution >= 0.6 is 24.8 Å². The Hall–Kier alpha value is -0.0700. The lowest BCUT2D eigenvalue weighted by molar-refractivity contribution is -0.134. The first-order chi connectivity index (χ1) is 9.06. The van der Waals surface area contributed by atoms with Crippen LogP contribution in [0.15, 0.2) is 0 Å². The number of hydrogen-bond acceptors (Lipinski definition) is 4. The summed E-state index contributed by atoms with van der Waals surface area (Å²) in [5.74, 6) is 0.281. The maximum Gasteiger partial charge on any atom is 0.224 e. The first-order valence-corrected chi connectivity index (χ1v) is 7.49. The van der Waals surface area contributed by atoms with Crippen LogP contribution in [0.3, 0.4) is 0 Å². The number of halogens is 2. The molecule has 0 aromatic heterocycles. The maximum atomic E-state index is 12.2. The van der Waals surface area contributed by atoms with Gasteiger partial charge in [-0.3, -0.25) is 9.69 Å². The van der Waals surface area contributed by atoms with Crippen LogP contribution in [-0.2, 0) is 4.79 Å². The molecular weight excluding hydrogens is 313 g/mol. The summed E-state index contributed by atoms with van der Waals surface area (Å²) in [5.41, 5.74) is 0. The highest BCUT2D eigenvalue weighted by molar-refractivity contribution is 5.85. The lowest BCUT2D eigenvalue weighted by atomic mass is 10.1. The Balaban J connectivity index is 0.00000200. The molecule has 0 saturated carbocycles. The van der Waals surface area contributed by atoms with E-state index in [4.69, 9.17) is 0 Å². The molecule has 5 nitrogen and oxygen atoms in total. The average molecular weight is 342 g/mol. The van der Waals surface area contributed by atoms with Gasteiger partial charge in [0, 0.05) is 44.7 Å². The molecule has 0 aromatic rings. The van der Waals surface area contributed by atoms with E-state index in [1.165, 1.54) is 6.42 Å². The number of amides is 1. The number of piperazine rings is 1. The fourth-order valence-electron chi connectivity index (χ4n) is 3.10. The number of rotatable bonds is 4. The van der Waals surface area contributed by atoms with Crippen LogP contribution in [0.1, 0.15) is 33.1 Å². The second-order valence-electron chi connectivity index (χ2n) is 6.03. The van der Waals surface area contributed by atoms with E-state index in [1.807, 2.05) is 11.8 Å². The molecule has 0 aliphatic carbocycles. The summed E-state index contributed by atoms with van der Waals surface area (Å²) in [6.07, 6.45) is 2.66. The van der Waals surface area contributed by atoms with Crippen LogP contribution in [0, 0.1) is 0 Å². The van der Waals surface area contributed by atoms with Crippen molar-refractivity contribution in [3.63, 3.8) is 0 Å². The summed E-state index contributed by atoms with van der Waals surface area (Å²) in [6.45, 7) is 8.16. The fraction of sp³-hybridized carbons (Fsp3) is 0.929. The molecule has 2 fully saturated rings. The number of carbonyl (C=O) groups is 1. The number of β-amino-alcohol motifs (C(OH)–C–C–N with tert-alkyl or cyclic N) is 1. The van der Waals surface area contributed by atoms with Gasteiger partial charge in [0.15, 0.2) is 0 Å². The van der Waals surface area contributed by atoms with Gasteiger partial charge in [-0.05, 0) is 33.2 Å². The second kappa shape index (κ2) is 9.85. The van der Waals surface area contributed by atoms with Gasteiger partial charge in [-0.15, -0.1) is 24.8 Å². The molecule has 21 heavy (non-hydrogen) atoms. The van der Waals surface area contributed by atoms with E-state index < -0.39 is 0 Å². The summed E-state index contributed by atoms with van der Waals surface area (Å²) in [5, 5.41) is 12.8. The largest absolute Gasteiger partial charge is 0.392 e. The van der Waals surface area contributed by atoms with E-state index in [0.29, 0.717) is 25.0 Å². The lowest BCUT2D eigenvalue weighted by Gasteiger charge is -2.40. The predicted molar refractivity (Wildman–Crippen MR) is 89.4 cm³/mol. The first-order valence-electron chi connectivity index (χ1n) is 7.49. The lowest BCUT2D eigenvalue weighted by Crippen LogP contribution is -2.55. The Labute approximate surface area is 140 Å². The molecule has 0 bridgehead atoms. The fourth-order valence-corrected chi connectivity index (χ4v) is 3.10. The average Bonchev–Trinajstić information content (AvgIpc) is 2.84. The van der Waals surface area contributed by atoms with E-state index in [9.17, 15) is 9.90 Å². The quantitative estimate of drug-likeness (QED) is 0.797. The summed E-state index contributed by atoms with van der Waals surface area (Å²) in [7, 11) is 0. The zero-order chi connectivity index (χ0) is 13.8. The van der Waals surface area contributed by atoms with Crippen molar-refractivity contribution in [1.29, 1.82) is 0 Å². The smallest absolute Gasteiger partial charge is 0.224 e. The topological polar surface area (TPSA) is 55.8 Å². The Bertz CT molecular complexity index is 313. The van der Waals surface area contributed by atoms with Crippen LogP contribution < -0.4 is 5.32 Å². The molecule has 2 aliphatic heterocycles. The van der Waals surface area contributed by atoms with E-state index >= 15 is 0 Å². The second-order valence-corrected chi connectivity index (χ2v) is 6.03. The summed E-state index contributed by atoms with van der Waals surface area (Å²) >= 11 is 0. The number of hydrogen-bond donors (Lipinski definition) is 2. The van der Waals surface area contributed by atoms with Crippen molar-refractivity contribution < 1.29 is 9.90 Å². The van der Waals surface area contributed by atoms with Gasteiger partial charge in [0.2, 0.25) is 5.91 Å². The molecule has 3 unspecified atom stereocenters. The standard InChI is InChI=1S/C14H27N3O2.2ClH/c1-11-9-17(7-6-16(11)10-12(2)18)14(19)8-13-4-3-5-15-13;;/h11-13,15,18H,3-10H2,1-2H3;2*1H. The minimum atomic E-state index is -0.299. The zero-order valence-electron chi connectivity index (χ0n) is 13.0. The number of aliphatic hydroxyl groups is 1. The van der Waals surface area contributed by atoms with Crippen LogP contribution in [0.25, 0.3) is 0 Å². The normalized spacial score (nSPS) is 27.7. The van der Waals surface area contributed by atoms with Gasteiger partial charge in [0.25, 0.3) is 0 Å². The van der Waals surface area contributed by atoms with Crippen LogP contribution in [0.5, 0.6) is 0 Å². The molecule has 2 N–H and O–H groups in total. The van der Waals surface area contributed by atoms with Gasteiger partial charge >= 0.3 is 0 Å². The monoisotopic (exact) mass is 341 g/mol. The van der Waals surface area contributed by atoms with Gasteiger partial charge in [0.1, 0.15) is 0 Å². The Morgan fingerprint density at radius 2 is 2.10 bits per heavy atom. The SMILES string of the molecule is CC(O)CN1CCN(C(=O)CC2CCCN2)CC1C.Cl.Cl. The zero-order valence-corrected chi connectivity index (χ0v) is 14.6. The highest BCUT2D eigenvalue weighted by Crippen LogP contribution is 2.14. The van der Waals surface area contributed by atoms with Crippen LogP contribution in [0.4, 0.5) is 0 Å². The Morgan fingerprint density at radius 1 is 1.38 bits per heavy atom. The molecule has 2 rings (SSSR count). The van der Waals surface area contributed by atoms with Crippen molar-refractivity contribution in [1.82, 2.24) is 15.1 Å². The third-order valence-corrected chi connectivity index (χ3v) is 4.20. The van der Waals surface area contributed by atoms with Crippen molar-refractivity contribution in [2.75, 3.05) is 32.7 Å². The Morgan fingerprint density at radius 3 is 2.62 bits per heavy atom. The molecule has 0 aromatic carbocycles. The highest BCUT2D eigenvalue weighted by atomic mass is 35.5. The van der Waals surface area contributed by atoms with Crippen molar-refractivity contribution >= 4 is 30.7 Å². The van der Waals surface area contributed by atoms with Crippen molar-refractivity contribution in [2.45, 2.75) is 51.3 Å². The summed E-state index contributed by atoms with van der Waals surface area (Å²) in [4.78, 5) is 16.5. The van der Waals surface area contributed by atoms with Gasteiger partial charge in [-0.25, -0.2) is 0 Å². The number of carbonyl (C=O) groups excluding carboxylic acids is 1. The third kappa shape index (κ3) is 6.28. The van der Waals surface area contributed by atoms with Gasteiger partial charge in [0.05, 0.1) is 6.10 Å². The minimum Gasteiger partial charge on any atom is -0.392 e. The highest BCUT2D eigenvalue weighted by Gasteiger charge is 2.28. The number of nitrogens with one attached hydrogen (secondary N) is 1. The molecule has 0 radical (unpaired) electrons. The molecular formula is C14H29Cl2N3O2. The number of aliphatic hydroxyl groups excluding tert-OH is 1. The van der Waals surface area contributed by atoms with E-state index in [-0.39, 0.29) is 36.8 Å². The molecule has 2 aliphatic rings. The first kappa shape index (κ1) is 20.9. The molecule has 2 saturated heterocycles. The van der Waals surface area contributed by atoms with Crippen LogP contribution in [0.2, 0.25) is 0 Å². The molecule has 1 amide bonds. The van der Waals surface area contributed by atoms with E-state index in [1.54, 1.807) is 0 Å². The van der Waals surface area contributed by atoms with Gasteiger partial charge in [-0.1, -0.05) is 0 Å². The van der Waals surface area contributed by atoms with Crippen molar-refractivity contribution in [3.05, 3.63) is 0 Å². The molecule has 0 spiro atoms. The molecule has 126 valence electrons. The third-order valence-electron chi connectivity index (χ3n) is 4.20. The van der Waals surface area contributed by atoms with E-state index in [2.05, 4.69) is 17.1 Å². The van der Waals surface area contributed by atoms with Gasteiger partial charge < -0.3 is 15.3 Å². The number of nitrogens with zero attached hydrogens (tertiary/aromatic N) is 2. The summed E-state index contributed by atoms with van der Waals surface area (Å²) < 4.78 is 0. The van der Waals surface area contributed by atoms with Crippen LogP contribution in [-0.4, -0.2) is 71.7 Å². The predicted octanol–water partition coefficient (Wildman–Crippen LogP) is 0.886. The maximum absolute atomic E-state index is 12.2.